The molecule has 0 spiro atoms. The van der Waals surface area contributed by atoms with Gasteiger partial charge in [0.25, 0.3) is 0 Å². The van der Waals surface area contributed by atoms with E-state index in [1.54, 1.807) is 11.3 Å². The van der Waals surface area contributed by atoms with E-state index >= 15 is 0 Å². The molecule has 0 saturated heterocycles. The zero-order valence-corrected chi connectivity index (χ0v) is 9.65. The lowest BCUT2D eigenvalue weighted by molar-refractivity contribution is 0.937. The molecule has 3 rings (SSSR count). The van der Waals surface area contributed by atoms with E-state index in [9.17, 15) is 0 Å². The van der Waals surface area contributed by atoms with E-state index in [4.69, 9.17) is 0 Å². The standard InChI is InChI=1S/C13H12N2S/c1-2-4-13-11(3-1)9-14-6-7-15(13)12-5-8-16-10-12/h1-5,8-10H,6-7H2. The van der Waals surface area contributed by atoms with Crippen LogP contribution >= 0.6 is 11.3 Å². The lowest BCUT2D eigenvalue weighted by Gasteiger charge is -2.22. The minimum Gasteiger partial charge on any atom is -0.338 e. The molecule has 0 saturated carbocycles. The van der Waals surface area contributed by atoms with Crippen molar-refractivity contribution in [2.75, 3.05) is 18.0 Å². The third kappa shape index (κ3) is 1.63. The Morgan fingerprint density at radius 1 is 1.19 bits per heavy atom. The molecule has 16 heavy (non-hydrogen) atoms. The minimum atomic E-state index is 0.852. The van der Waals surface area contributed by atoms with Crippen molar-refractivity contribution in [1.29, 1.82) is 0 Å². The molecular formula is C13H12N2S. The largest absolute Gasteiger partial charge is 0.338 e. The number of benzene rings is 1. The Kier molecular flexibility index (Phi) is 2.46. The molecule has 1 aliphatic heterocycles. The number of thiophene rings is 1. The summed E-state index contributed by atoms with van der Waals surface area (Å²) in [5, 5.41) is 4.30. The summed E-state index contributed by atoms with van der Waals surface area (Å²) in [7, 11) is 0. The van der Waals surface area contributed by atoms with Crippen molar-refractivity contribution in [3.63, 3.8) is 0 Å². The Morgan fingerprint density at radius 2 is 2.12 bits per heavy atom. The lowest BCUT2D eigenvalue weighted by Crippen LogP contribution is -2.19. The molecule has 0 unspecified atom stereocenters. The molecule has 80 valence electrons. The molecule has 0 fully saturated rings. The Balaban J connectivity index is 2.09. The summed E-state index contributed by atoms with van der Waals surface area (Å²) in [4.78, 5) is 6.74. The van der Waals surface area contributed by atoms with Crippen LogP contribution in [0.25, 0.3) is 0 Å². The summed E-state index contributed by atoms with van der Waals surface area (Å²) in [5.41, 5.74) is 3.72. The smallest absolute Gasteiger partial charge is 0.0569 e. The summed E-state index contributed by atoms with van der Waals surface area (Å²) in [6.07, 6.45) is 1.97. The van der Waals surface area contributed by atoms with Crippen LogP contribution < -0.4 is 4.90 Å². The predicted molar refractivity (Wildman–Crippen MR) is 70.2 cm³/mol. The maximum atomic E-state index is 4.41. The molecule has 1 aliphatic rings. The molecule has 0 amide bonds. The van der Waals surface area contributed by atoms with E-state index in [-0.39, 0.29) is 0 Å². The predicted octanol–water partition coefficient (Wildman–Crippen LogP) is 3.32. The number of aliphatic imine (C=N–C) groups is 1. The van der Waals surface area contributed by atoms with Crippen LogP contribution in [0.2, 0.25) is 0 Å². The molecular weight excluding hydrogens is 216 g/mol. The summed E-state index contributed by atoms with van der Waals surface area (Å²) >= 11 is 1.73. The number of para-hydroxylation sites is 1. The number of fused-ring (bicyclic) bond motifs is 1. The summed E-state index contributed by atoms with van der Waals surface area (Å²) in [5.74, 6) is 0. The summed E-state index contributed by atoms with van der Waals surface area (Å²) < 4.78 is 0. The Bertz CT molecular complexity index is 502. The second-order valence-corrected chi connectivity index (χ2v) is 4.51. The molecule has 3 heteroatoms. The van der Waals surface area contributed by atoms with Crippen molar-refractivity contribution in [1.82, 2.24) is 0 Å². The van der Waals surface area contributed by atoms with Gasteiger partial charge in [-0.25, -0.2) is 0 Å². The van der Waals surface area contributed by atoms with E-state index in [1.807, 2.05) is 6.21 Å². The Labute approximate surface area is 98.9 Å². The van der Waals surface area contributed by atoms with Crippen molar-refractivity contribution < 1.29 is 0 Å². The van der Waals surface area contributed by atoms with Crippen LogP contribution in [0.5, 0.6) is 0 Å². The van der Waals surface area contributed by atoms with Gasteiger partial charge in [0.1, 0.15) is 0 Å². The van der Waals surface area contributed by atoms with Crippen LogP contribution in [0.4, 0.5) is 11.4 Å². The molecule has 2 nitrogen and oxygen atoms in total. The van der Waals surface area contributed by atoms with Gasteiger partial charge in [-0.3, -0.25) is 4.99 Å². The Morgan fingerprint density at radius 3 is 3.00 bits per heavy atom. The first kappa shape index (κ1) is 9.60. The maximum Gasteiger partial charge on any atom is 0.0569 e. The third-order valence-electron chi connectivity index (χ3n) is 2.73. The number of hydrogen-bond acceptors (Lipinski definition) is 3. The summed E-state index contributed by atoms with van der Waals surface area (Å²) in [6, 6.07) is 10.6. The van der Waals surface area contributed by atoms with Gasteiger partial charge in [0.05, 0.1) is 17.9 Å². The normalized spacial score (nSPS) is 14.6. The number of rotatable bonds is 1. The second kappa shape index (κ2) is 4.10. The van der Waals surface area contributed by atoms with E-state index < -0.39 is 0 Å². The fourth-order valence-corrected chi connectivity index (χ4v) is 2.60. The van der Waals surface area contributed by atoms with Crippen LogP contribution in [0.3, 0.4) is 0 Å². The van der Waals surface area contributed by atoms with Gasteiger partial charge in [-0.1, -0.05) is 18.2 Å². The summed E-state index contributed by atoms with van der Waals surface area (Å²) in [6.45, 7) is 1.80. The highest BCUT2D eigenvalue weighted by atomic mass is 32.1. The molecule has 0 aliphatic carbocycles. The van der Waals surface area contributed by atoms with Crippen LogP contribution in [0.1, 0.15) is 5.56 Å². The van der Waals surface area contributed by atoms with Crippen LogP contribution in [-0.2, 0) is 0 Å². The average molecular weight is 228 g/mol. The number of benzodiazepines with no additional fused rings is 1. The minimum absolute atomic E-state index is 0.852. The average Bonchev–Trinajstić information content (AvgIpc) is 2.76. The van der Waals surface area contributed by atoms with Gasteiger partial charge in [-0.05, 0) is 17.5 Å². The third-order valence-corrected chi connectivity index (χ3v) is 3.40. The first-order chi connectivity index (χ1) is 7.95. The molecule has 2 heterocycles. The van der Waals surface area contributed by atoms with E-state index in [1.165, 1.54) is 16.9 Å². The lowest BCUT2D eigenvalue weighted by atomic mass is 10.1. The van der Waals surface area contributed by atoms with Crippen molar-refractivity contribution >= 4 is 28.9 Å². The topological polar surface area (TPSA) is 15.6 Å². The fraction of sp³-hybridized carbons (Fsp3) is 0.154. The molecule has 0 bridgehead atoms. The highest BCUT2D eigenvalue weighted by Crippen LogP contribution is 2.30. The highest BCUT2D eigenvalue weighted by molar-refractivity contribution is 7.08. The maximum absolute atomic E-state index is 4.41. The monoisotopic (exact) mass is 228 g/mol. The van der Waals surface area contributed by atoms with Gasteiger partial charge in [0, 0.05) is 23.7 Å². The molecule has 0 atom stereocenters. The second-order valence-electron chi connectivity index (χ2n) is 3.73. The number of anilines is 2. The first-order valence-electron chi connectivity index (χ1n) is 5.34. The SMILES string of the molecule is C1=NCCN(c2ccsc2)c2ccccc21. The molecule has 0 radical (unpaired) electrons. The van der Waals surface area contributed by atoms with Crippen molar-refractivity contribution in [3.05, 3.63) is 46.7 Å². The molecule has 1 aromatic heterocycles. The molecule has 2 aromatic rings. The van der Waals surface area contributed by atoms with Gasteiger partial charge < -0.3 is 4.90 Å². The molecule has 1 aromatic carbocycles. The highest BCUT2D eigenvalue weighted by Gasteiger charge is 2.14. The Hall–Kier alpha value is -1.61. The zero-order chi connectivity index (χ0) is 10.8. The van der Waals surface area contributed by atoms with Crippen molar-refractivity contribution in [2.24, 2.45) is 4.99 Å². The van der Waals surface area contributed by atoms with Gasteiger partial charge in [-0.2, -0.15) is 11.3 Å². The quantitative estimate of drug-likeness (QED) is 0.731. The van der Waals surface area contributed by atoms with Gasteiger partial charge in [0.15, 0.2) is 0 Å². The first-order valence-corrected chi connectivity index (χ1v) is 6.28. The van der Waals surface area contributed by atoms with E-state index in [0.717, 1.165) is 13.1 Å². The number of hydrogen-bond donors (Lipinski definition) is 0. The number of nitrogens with zero attached hydrogens (tertiary/aromatic N) is 2. The van der Waals surface area contributed by atoms with Gasteiger partial charge in [-0.15, -0.1) is 0 Å². The van der Waals surface area contributed by atoms with Crippen LogP contribution in [0, 0.1) is 0 Å². The van der Waals surface area contributed by atoms with Crippen molar-refractivity contribution in [2.45, 2.75) is 0 Å². The van der Waals surface area contributed by atoms with Gasteiger partial charge in [0.2, 0.25) is 0 Å². The van der Waals surface area contributed by atoms with Gasteiger partial charge >= 0.3 is 0 Å². The molecule has 0 N–H and O–H groups in total. The van der Waals surface area contributed by atoms with E-state index in [2.05, 4.69) is 51.0 Å². The zero-order valence-electron chi connectivity index (χ0n) is 8.84. The van der Waals surface area contributed by atoms with E-state index in [0.29, 0.717) is 0 Å². The fourth-order valence-electron chi connectivity index (χ4n) is 1.96. The van der Waals surface area contributed by atoms with Crippen LogP contribution in [0.15, 0.2) is 46.1 Å². The van der Waals surface area contributed by atoms with Crippen molar-refractivity contribution in [3.8, 4) is 0 Å². The van der Waals surface area contributed by atoms with Crippen LogP contribution in [-0.4, -0.2) is 19.3 Å².